The number of hydrogen-bond acceptors (Lipinski definition) is 3. The number of hydrogen-bond donors (Lipinski definition) is 1. The van der Waals surface area contributed by atoms with Gasteiger partial charge >= 0.3 is 6.18 Å². The molecule has 0 fully saturated rings. The molecule has 0 bridgehead atoms. The third-order valence-electron chi connectivity index (χ3n) is 6.18. The molecule has 5 nitrogen and oxygen atoms in total. The summed E-state index contributed by atoms with van der Waals surface area (Å²) in [4.78, 5) is 12.9. The van der Waals surface area contributed by atoms with Crippen LogP contribution in [-0.4, -0.2) is 25.2 Å². The first-order valence-electron chi connectivity index (χ1n) is 11.2. The van der Waals surface area contributed by atoms with Crippen LogP contribution in [0.1, 0.15) is 33.4 Å². The second-order valence-electron chi connectivity index (χ2n) is 8.84. The molecule has 0 radical (unpaired) electrons. The van der Waals surface area contributed by atoms with E-state index in [-0.39, 0.29) is 24.4 Å². The van der Waals surface area contributed by atoms with E-state index in [1.807, 2.05) is 13.0 Å². The standard InChI is InChI=1S/C26H24ClF3N2O3S/c1-16-3-10-23(17(2)13-16)36(34,35)32-12-11-21-19(15-32)6-9-22(27)25(21)31-24(33)14-18-4-7-20(8-5-18)26(28,29)30/h3-10,13H,11-12,14-15H2,1-2H3,(H,31,33). The van der Waals surface area contributed by atoms with E-state index in [4.69, 9.17) is 11.6 Å². The predicted octanol–water partition coefficient (Wildman–Crippen LogP) is 5.90. The van der Waals surface area contributed by atoms with Crippen molar-refractivity contribution >= 4 is 33.2 Å². The van der Waals surface area contributed by atoms with E-state index < -0.39 is 27.7 Å². The van der Waals surface area contributed by atoms with Crippen molar-refractivity contribution in [2.24, 2.45) is 0 Å². The predicted molar refractivity (Wildman–Crippen MR) is 132 cm³/mol. The molecule has 3 aromatic carbocycles. The molecule has 3 aromatic rings. The van der Waals surface area contributed by atoms with Gasteiger partial charge in [0.05, 0.1) is 27.6 Å². The number of benzene rings is 3. The highest BCUT2D eigenvalue weighted by Gasteiger charge is 2.32. The highest BCUT2D eigenvalue weighted by molar-refractivity contribution is 7.89. The normalized spacial score (nSPS) is 14.4. The van der Waals surface area contributed by atoms with Gasteiger partial charge in [-0.2, -0.15) is 17.5 Å². The summed E-state index contributed by atoms with van der Waals surface area (Å²) in [6.07, 6.45) is -4.24. The molecule has 1 heterocycles. The van der Waals surface area contributed by atoms with E-state index >= 15 is 0 Å². The van der Waals surface area contributed by atoms with E-state index in [1.54, 1.807) is 31.2 Å². The third-order valence-corrected chi connectivity index (χ3v) is 8.50. The second-order valence-corrected chi connectivity index (χ2v) is 11.2. The fourth-order valence-corrected chi connectivity index (χ4v) is 6.20. The molecule has 0 atom stereocenters. The lowest BCUT2D eigenvalue weighted by molar-refractivity contribution is -0.137. The molecule has 0 unspecified atom stereocenters. The van der Waals surface area contributed by atoms with Gasteiger partial charge in [-0.1, -0.05) is 47.5 Å². The number of alkyl halides is 3. The molecule has 1 aliphatic rings. The number of anilines is 1. The number of nitrogens with zero attached hydrogens (tertiary/aromatic N) is 1. The van der Waals surface area contributed by atoms with Crippen LogP contribution in [0.4, 0.5) is 18.9 Å². The Morgan fingerprint density at radius 2 is 1.75 bits per heavy atom. The topological polar surface area (TPSA) is 66.5 Å². The van der Waals surface area contributed by atoms with Crippen molar-refractivity contribution in [2.45, 2.75) is 44.3 Å². The van der Waals surface area contributed by atoms with Gasteiger partial charge in [0.1, 0.15) is 0 Å². The Hall–Kier alpha value is -2.88. The lowest BCUT2D eigenvalue weighted by Crippen LogP contribution is -2.36. The van der Waals surface area contributed by atoms with Gasteiger partial charge in [-0.05, 0) is 66.8 Å². The maximum atomic E-state index is 13.3. The highest BCUT2D eigenvalue weighted by Crippen LogP contribution is 2.35. The average molecular weight is 537 g/mol. The van der Waals surface area contributed by atoms with Crippen molar-refractivity contribution in [3.63, 3.8) is 0 Å². The van der Waals surface area contributed by atoms with Gasteiger partial charge in [0.15, 0.2) is 0 Å². The first kappa shape index (κ1) is 26.2. The Labute approximate surface area is 212 Å². The van der Waals surface area contributed by atoms with E-state index in [0.717, 1.165) is 28.8 Å². The first-order valence-corrected chi connectivity index (χ1v) is 13.0. The van der Waals surface area contributed by atoms with Crippen LogP contribution in [0.25, 0.3) is 0 Å². The van der Waals surface area contributed by atoms with Gasteiger partial charge in [0.25, 0.3) is 0 Å². The molecule has 1 aliphatic heterocycles. The summed E-state index contributed by atoms with van der Waals surface area (Å²) in [6, 6.07) is 12.9. The summed E-state index contributed by atoms with van der Waals surface area (Å²) in [5.41, 5.74) is 3.16. The first-order chi connectivity index (χ1) is 16.9. The summed E-state index contributed by atoms with van der Waals surface area (Å²) in [7, 11) is -3.72. The van der Waals surface area contributed by atoms with Crippen molar-refractivity contribution in [2.75, 3.05) is 11.9 Å². The van der Waals surface area contributed by atoms with Gasteiger partial charge in [-0.25, -0.2) is 8.42 Å². The molecule has 4 rings (SSSR count). The lowest BCUT2D eigenvalue weighted by atomic mass is 9.98. The number of halogens is 4. The highest BCUT2D eigenvalue weighted by atomic mass is 35.5. The molecule has 0 saturated carbocycles. The Kier molecular flexibility index (Phi) is 7.19. The molecule has 1 amide bonds. The number of carbonyl (C=O) groups excluding carboxylic acids is 1. The smallest absolute Gasteiger partial charge is 0.324 e. The SMILES string of the molecule is Cc1ccc(S(=O)(=O)N2CCc3c(ccc(Cl)c3NC(=O)Cc3ccc(C(F)(F)F)cc3)C2)c(C)c1. The van der Waals surface area contributed by atoms with Crippen LogP contribution in [0.5, 0.6) is 0 Å². The van der Waals surface area contributed by atoms with Crippen molar-refractivity contribution in [3.05, 3.63) is 93.0 Å². The van der Waals surface area contributed by atoms with Gasteiger partial charge in [0.2, 0.25) is 15.9 Å². The van der Waals surface area contributed by atoms with Crippen LogP contribution in [0.15, 0.2) is 59.5 Å². The number of aryl methyl sites for hydroxylation is 2. The Bertz CT molecular complexity index is 1420. The fourth-order valence-electron chi connectivity index (χ4n) is 4.35. The van der Waals surface area contributed by atoms with Crippen molar-refractivity contribution in [3.8, 4) is 0 Å². The summed E-state index contributed by atoms with van der Waals surface area (Å²) in [5, 5.41) is 3.08. The lowest BCUT2D eigenvalue weighted by Gasteiger charge is -2.30. The van der Waals surface area contributed by atoms with Gasteiger partial charge in [0, 0.05) is 13.1 Å². The average Bonchev–Trinajstić information content (AvgIpc) is 2.80. The van der Waals surface area contributed by atoms with Crippen molar-refractivity contribution < 1.29 is 26.4 Å². The number of amides is 1. The number of rotatable bonds is 5. The van der Waals surface area contributed by atoms with E-state index in [2.05, 4.69) is 5.32 Å². The van der Waals surface area contributed by atoms with Gasteiger partial charge in [-0.3, -0.25) is 4.79 Å². The zero-order valence-electron chi connectivity index (χ0n) is 19.6. The zero-order chi connectivity index (χ0) is 26.3. The summed E-state index contributed by atoms with van der Waals surface area (Å²) < 4.78 is 66.3. The van der Waals surface area contributed by atoms with Crippen molar-refractivity contribution in [1.29, 1.82) is 0 Å². The Morgan fingerprint density at radius 1 is 1.06 bits per heavy atom. The van der Waals surface area contributed by atoms with Crippen LogP contribution >= 0.6 is 11.6 Å². The van der Waals surface area contributed by atoms with Crippen LogP contribution < -0.4 is 5.32 Å². The maximum Gasteiger partial charge on any atom is 0.416 e. The summed E-state index contributed by atoms with van der Waals surface area (Å²) >= 11 is 6.37. The molecule has 36 heavy (non-hydrogen) atoms. The Balaban J connectivity index is 1.52. The fraction of sp³-hybridized carbons (Fsp3) is 0.269. The third kappa shape index (κ3) is 5.43. The van der Waals surface area contributed by atoms with Crippen molar-refractivity contribution in [1.82, 2.24) is 4.31 Å². The quantitative estimate of drug-likeness (QED) is 0.441. The minimum atomic E-state index is -4.45. The molecule has 10 heteroatoms. The van der Waals surface area contributed by atoms with Gasteiger partial charge in [-0.15, -0.1) is 0 Å². The summed E-state index contributed by atoms with van der Waals surface area (Å²) in [5.74, 6) is -0.435. The maximum absolute atomic E-state index is 13.3. The van der Waals surface area contributed by atoms with Crippen LogP contribution in [-0.2, 0) is 40.4 Å². The van der Waals surface area contributed by atoms with Crippen LogP contribution in [0.2, 0.25) is 5.02 Å². The van der Waals surface area contributed by atoms with Gasteiger partial charge < -0.3 is 5.32 Å². The van der Waals surface area contributed by atoms with Crippen LogP contribution in [0.3, 0.4) is 0 Å². The molecule has 0 spiro atoms. The van der Waals surface area contributed by atoms with Crippen LogP contribution in [0, 0.1) is 13.8 Å². The molecule has 0 aromatic heterocycles. The van der Waals surface area contributed by atoms with E-state index in [1.165, 1.54) is 16.4 Å². The second kappa shape index (κ2) is 9.88. The summed E-state index contributed by atoms with van der Waals surface area (Å²) in [6.45, 7) is 4.01. The zero-order valence-corrected chi connectivity index (χ0v) is 21.2. The molecule has 1 N–H and O–H groups in total. The number of carbonyl (C=O) groups is 1. The molecule has 0 saturated heterocycles. The molecular weight excluding hydrogens is 513 g/mol. The number of nitrogens with one attached hydrogen (secondary N) is 1. The molecule has 0 aliphatic carbocycles. The minimum absolute atomic E-state index is 0.129. The Morgan fingerprint density at radius 3 is 2.39 bits per heavy atom. The minimum Gasteiger partial charge on any atom is -0.324 e. The molecule has 190 valence electrons. The number of fused-ring (bicyclic) bond motifs is 1. The monoisotopic (exact) mass is 536 g/mol. The van der Waals surface area contributed by atoms with E-state index in [0.29, 0.717) is 28.3 Å². The van der Waals surface area contributed by atoms with E-state index in [9.17, 15) is 26.4 Å². The largest absolute Gasteiger partial charge is 0.416 e. The molecular formula is C26H24ClF3N2O3S. The number of sulfonamides is 1.